The maximum absolute atomic E-state index is 11.1. The van der Waals surface area contributed by atoms with Crippen molar-refractivity contribution in [2.45, 2.75) is 26.8 Å². The Morgan fingerprint density at radius 3 is 2.79 bits per heavy atom. The second-order valence-corrected chi connectivity index (χ2v) is 8.37. The van der Waals surface area contributed by atoms with Crippen molar-refractivity contribution in [3.05, 3.63) is 15.6 Å². The maximum atomic E-state index is 11.1. The number of likely N-dealkylation sites (tertiary alicyclic amines) is 1. The highest BCUT2D eigenvalue weighted by Crippen LogP contribution is 2.23. The summed E-state index contributed by atoms with van der Waals surface area (Å²) in [5.74, 6) is 0.420. The molecular weight excluding hydrogens is 282 g/mol. The van der Waals surface area contributed by atoms with Gasteiger partial charge in [-0.3, -0.25) is 4.90 Å². The van der Waals surface area contributed by atoms with Crippen LogP contribution in [0.5, 0.6) is 0 Å². The lowest BCUT2D eigenvalue weighted by molar-refractivity contribution is 0.318. The van der Waals surface area contributed by atoms with Crippen molar-refractivity contribution < 1.29 is 8.42 Å². The Bertz CT molecular complexity index is 539. The molecule has 0 radical (unpaired) electrons. The minimum Gasteiger partial charge on any atom is -0.298 e. The van der Waals surface area contributed by atoms with Gasteiger partial charge in [0.2, 0.25) is 10.0 Å². The molecule has 108 valence electrons. The van der Waals surface area contributed by atoms with Gasteiger partial charge in [0.05, 0.1) is 17.0 Å². The zero-order valence-electron chi connectivity index (χ0n) is 11.6. The standard InChI is InChI=1S/C12H21N3O2S2/c1-9-12(18-10(2)14-9)8-15-5-4-11(7-15)6-13-19(3,16)17/h11,13H,4-8H2,1-3H3. The number of hydrogen-bond acceptors (Lipinski definition) is 5. The molecule has 1 aromatic rings. The molecular formula is C12H21N3O2S2. The quantitative estimate of drug-likeness (QED) is 0.886. The molecule has 1 aliphatic rings. The number of nitrogens with one attached hydrogen (secondary N) is 1. The lowest BCUT2D eigenvalue weighted by atomic mass is 10.1. The Balaban J connectivity index is 1.84. The van der Waals surface area contributed by atoms with Crippen LogP contribution in [0.4, 0.5) is 0 Å². The number of rotatable bonds is 5. The second-order valence-electron chi connectivity index (χ2n) is 5.25. The molecule has 1 aromatic heterocycles. The van der Waals surface area contributed by atoms with Gasteiger partial charge in [0.1, 0.15) is 0 Å². The van der Waals surface area contributed by atoms with E-state index in [1.165, 1.54) is 11.1 Å². The topological polar surface area (TPSA) is 62.3 Å². The zero-order chi connectivity index (χ0) is 14.0. The smallest absolute Gasteiger partial charge is 0.208 e. The van der Waals surface area contributed by atoms with E-state index in [0.29, 0.717) is 12.5 Å². The molecule has 1 aliphatic heterocycles. The lowest BCUT2D eigenvalue weighted by Gasteiger charge is -2.15. The van der Waals surface area contributed by atoms with Gasteiger partial charge in [0.25, 0.3) is 0 Å². The van der Waals surface area contributed by atoms with Gasteiger partial charge < -0.3 is 0 Å². The van der Waals surface area contributed by atoms with Gasteiger partial charge in [-0.1, -0.05) is 0 Å². The largest absolute Gasteiger partial charge is 0.298 e. The van der Waals surface area contributed by atoms with Crippen molar-refractivity contribution in [2.75, 3.05) is 25.9 Å². The first kappa shape index (κ1) is 14.9. The van der Waals surface area contributed by atoms with Crippen LogP contribution in [0.15, 0.2) is 0 Å². The first-order valence-corrected chi connectivity index (χ1v) is 9.14. The highest BCUT2D eigenvalue weighted by Gasteiger charge is 2.24. The monoisotopic (exact) mass is 303 g/mol. The zero-order valence-corrected chi connectivity index (χ0v) is 13.3. The minimum absolute atomic E-state index is 0.420. The second kappa shape index (κ2) is 5.87. The molecule has 1 atom stereocenters. The van der Waals surface area contributed by atoms with E-state index < -0.39 is 10.0 Å². The van der Waals surface area contributed by atoms with E-state index >= 15 is 0 Å². The molecule has 1 unspecified atom stereocenters. The SMILES string of the molecule is Cc1nc(C)c(CN2CCC(CNS(C)(=O)=O)C2)s1. The number of nitrogens with zero attached hydrogens (tertiary/aromatic N) is 2. The van der Waals surface area contributed by atoms with Crippen LogP contribution in [0.2, 0.25) is 0 Å². The molecule has 1 fully saturated rings. The van der Waals surface area contributed by atoms with Gasteiger partial charge in [-0.15, -0.1) is 11.3 Å². The van der Waals surface area contributed by atoms with Gasteiger partial charge in [-0.05, 0) is 32.7 Å². The van der Waals surface area contributed by atoms with Crippen LogP contribution in [-0.4, -0.2) is 44.2 Å². The third-order valence-corrected chi connectivity index (χ3v) is 5.12. The molecule has 1 N–H and O–H groups in total. The normalized spacial score (nSPS) is 21.1. The summed E-state index contributed by atoms with van der Waals surface area (Å²) in [7, 11) is -3.07. The molecule has 2 rings (SSSR count). The molecule has 1 saturated heterocycles. The molecule has 0 amide bonds. The van der Waals surface area contributed by atoms with E-state index in [0.717, 1.165) is 36.8 Å². The molecule has 2 heterocycles. The van der Waals surface area contributed by atoms with Crippen LogP contribution >= 0.6 is 11.3 Å². The maximum Gasteiger partial charge on any atom is 0.208 e. The molecule has 0 aromatic carbocycles. The highest BCUT2D eigenvalue weighted by molar-refractivity contribution is 7.88. The van der Waals surface area contributed by atoms with Crippen LogP contribution in [0.25, 0.3) is 0 Å². The average Bonchev–Trinajstić information content (AvgIpc) is 2.83. The number of aromatic nitrogens is 1. The summed E-state index contributed by atoms with van der Waals surface area (Å²) in [5.41, 5.74) is 1.13. The number of sulfonamides is 1. The van der Waals surface area contributed by atoms with Gasteiger partial charge in [-0.2, -0.15) is 0 Å². The number of thiazole rings is 1. The first-order valence-electron chi connectivity index (χ1n) is 6.43. The van der Waals surface area contributed by atoms with E-state index in [4.69, 9.17) is 0 Å². The third-order valence-electron chi connectivity index (χ3n) is 3.37. The fourth-order valence-electron chi connectivity index (χ4n) is 2.42. The predicted octanol–water partition coefficient (Wildman–Crippen LogP) is 1.13. The Kier molecular flexibility index (Phi) is 4.60. The third kappa shape index (κ3) is 4.52. The van der Waals surface area contributed by atoms with Crippen LogP contribution in [-0.2, 0) is 16.6 Å². The summed E-state index contributed by atoms with van der Waals surface area (Å²) in [5, 5.41) is 1.11. The Hall–Kier alpha value is -0.500. The first-order chi connectivity index (χ1) is 8.83. The van der Waals surface area contributed by atoms with E-state index in [2.05, 4.69) is 21.5 Å². The minimum atomic E-state index is -3.07. The Labute approximate surface area is 119 Å². The Morgan fingerprint density at radius 1 is 1.47 bits per heavy atom. The van der Waals surface area contributed by atoms with Crippen molar-refractivity contribution in [1.82, 2.24) is 14.6 Å². The summed E-state index contributed by atoms with van der Waals surface area (Å²) in [4.78, 5) is 8.15. The highest BCUT2D eigenvalue weighted by atomic mass is 32.2. The fraction of sp³-hybridized carbons (Fsp3) is 0.750. The molecule has 0 aliphatic carbocycles. The predicted molar refractivity (Wildman–Crippen MR) is 77.8 cm³/mol. The summed E-state index contributed by atoms with van der Waals surface area (Å²) in [6.07, 6.45) is 2.27. The van der Waals surface area contributed by atoms with E-state index in [1.807, 2.05) is 6.92 Å². The summed E-state index contributed by atoms with van der Waals surface area (Å²) < 4.78 is 24.8. The summed E-state index contributed by atoms with van der Waals surface area (Å²) in [6.45, 7) is 7.57. The van der Waals surface area contributed by atoms with Crippen molar-refractivity contribution in [3.8, 4) is 0 Å². The van der Waals surface area contributed by atoms with Crippen LogP contribution in [0.3, 0.4) is 0 Å². The Morgan fingerprint density at radius 2 is 2.21 bits per heavy atom. The van der Waals surface area contributed by atoms with Crippen molar-refractivity contribution in [2.24, 2.45) is 5.92 Å². The fourth-order valence-corrected chi connectivity index (χ4v) is 3.93. The van der Waals surface area contributed by atoms with E-state index in [-0.39, 0.29) is 0 Å². The van der Waals surface area contributed by atoms with Crippen LogP contribution in [0, 0.1) is 19.8 Å². The number of aryl methyl sites for hydroxylation is 2. The van der Waals surface area contributed by atoms with Crippen LogP contribution in [0.1, 0.15) is 22.0 Å². The van der Waals surface area contributed by atoms with E-state index in [9.17, 15) is 8.42 Å². The molecule has 0 bridgehead atoms. The molecule has 0 spiro atoms. The van der Waals surface area contributed by atoms with Gasteiger partial charge in [0.15, 0.2) is 0 Å². The van der Waals surface area contributed by atoms with Crippen molar-refractivity contribution in [3.63, 3.8) is 0 Å². The van der Waals surface area contributed by atoms with Crippen molar-refractivity contribution in [1.29, 1.82) is 0 Å². The van der Waals surface area contributed by atoms with E-state index in [1.54, 1.807) is 11.3 Å². The molecule has 5 nitrogen and oxygen atoms in total. The van der Waals surface area contributed by atoms with Gasteiger partial charge >= 0.3 is 0 Å². The molecule has 0 saturated carbocycles. The van der Waals surface area contributed by atoms with Crippen molar-refractivity contribution >= 4 is 21.4 Å². The molecule has 19 heavy (non-hydrogen) atoms. The average molecular weight is 303 g/mol. The lowest BCUT2D eigenvalue weighted by Crippen LogP contribution is -2.30. The number of hydrogen-bond donors (Lipinski definition) is 1. The summed E-state index contributed by atoms with van der Waals surface area (Å²) >= 11 is 1.76. The molecule has 7 heteroatoms. The van der Waals surface area contributed by atoms with Gasteiger partial charge in [0, 0.05) is 24.5 Å². The summed E-state index contributed by atoms with van der Waals surface area (Å²) in [6, 6.07) is 0. The van der Waals surface area contributed by atoms with Gasteiger partial charge in [-0.25, -0.2) is 18.1 Å². The van der Waals surface area contributed by atoms with Crippen LogP contribution < -0.4 is 4.72 Å².